The average molecular weight is 336 g/mol. The van der Waals surface area contributed by atoms with Crippen LogP contribution in [0.4, 0.5) is 5.69 Å². The van der Waals surface area contributed by atoms with Crippen LogP contribution in [0.1, 0.15) is 0 Å². The molecule has 1 spiro atoms. The monoisotopic (exact) mass is 335 g/mol. The lowest BCUT2D eigenvalue weighted by Crippen LogP contribution is -2.53. The van der Waals surface area contributed by atoms with Crippen molar-refractivity contribution >= 4 is 33.4 Å². The highest BCUT2D eigenvalue weighted by atomic mass is 79.9. The van der Waals surface area contributed by atoms with E-state index in [0.29, 0.717) is 0 Å². The minimum atomic E-state index is -0.00526. The van der Waals surface area contributed by atoms with Gasteiger partial charge in [-0.2, -0.15) is 0 Å². The minimum Gasteiger partial charge on any atom is -0.345 e. The number of anilines is 1. The summed E-state index contributed by atoms with van der Waals surface area (Å²) >= 11 is 5.64. The Kier molecular flexibility index (Phi) is 2.69. The van der Waals surface area contributed by atoms with E-state index in [-0.39, 0.29) is 5.66 Å². The van der Waals surface area contributed by atoms with Crippen LogP contribution in [0.5, 0.6) is 0 Å². The number of nitrogens with one attached hydrogen (secondary N) is 1. The fourth-order valence-electron chi connectivity index (χ4n) is 2.99. The largest absolute Gasteiger partial charge is 0.345 e. The van der Waals surface area contributed by atoms with Crippen LogP contribution in [-0.2, 0) is 0 Å². The number of rotatable bonds is 1. The second kappa shape index (κ2) is 4.30. The Hall–Kier alpha value is -0.910. The molecule has 98 valence electrons. The molecular weight excluding hydrogens is 322 g/mol. The van der Waals surface area contributed by atoms with E-state index in [9.17, 15) is 0 Å². The normalized spacial score (nSPS) is 28.4. The van der Waals surface area contributed by atoms with Crippen molar-refractivity contribution in [1.82, 2.24) is 10.2 Å². The van der Waals surface area contributed by atoms with Crippen LogP contribution in [0.2, 0.25) is 0 Å². The first-order chi connectivity index (χ1) is 9.31. The molecule has 5 heteroatoms. The molecule has 0 amide bonds. The van der Waals surface area contributed by atoms with Crippen LogP contribution in [0.3, 0.4) is 0 Å². The van der Waals surface area contributed by atoms with E-state index in [1.165, 1.54) is 11.4 Å². The summed E-state index contributed by atoms with van der Waals surface area (Å²) in [6.45, 7) is 0.854. The molecule has 0 aromatic heterocycles. The van der Waals surface area contributed by atoms with Crippen LogP contribution >= 0.6 is 27.7 Å². The smallest absolute Gasteiger partial charge is 0.143 e. The number of allylic oxidation sites excluding steroid dienone is 2. The molecule has 3 aliphatic heterocycles. The van der Waals surface area contributed by atoms with E-state index in [0.717, 1.165) is 22.8 Å². The van der Waals surface area contributed by atoms with Crippen molar-refractivity contribution in [3.05, 3.63) is 52.8 Å². The molecule has 0 aliphatic carbocycles. The zero-order chi connectivity index (χ0) is 12.9. The van der Waals surface area contributed by atoms with Gasteiger partial charge in [0.15, 0.2) is 0 Å². The summed E-state index contributed by atoms with van der Waals surface area (Å²) in [7, 11) is 0. The average Bonchev–Trinajstić information content (AvgIpc) is 3.00. The van der Waals surface area contributed by atoms with E-state index in [1.807, 2.05) is 11.8 Å². The van der Waals surface area contributed by atoms with Crippen molar-refractivity contribution in [1.29, 1.82) is 0 Å². The van der Waals surface area contributed by atoms with Gasteiger partial charge in [-0.1, -0.05) is 12.1 Å². The fourth-order valence-corrected chi connectivity index (χ4v) is 4.79. The Morgan fingerprint density at radius 3 is 3.11 bits per heavy atom. The number of benzene rings is 1. The lowest BCUT2D eigenvalue weighted by molar-refractivity contribution is 0.231. The molecule has 1 unspecified atom stereocenters. The van der Waals surface area contributed by atoms with E-state index >= 15 is 0 Å². The van der Waals surface area contributed by atoms with Crippen molar-refractivity contribution in [2.45, 2.75) is 5.66 Å². The first-order valence-electron chi connectivity index (χ1n) is 6.32. The van der Waals surface area contributed by atoms with Gasteiger partial charge in [-0.05, 0) is 40.2 Å². The maximum Gasteiger partial charge on any atom is 0.143 e. The summed E-state index contributed by atoms with van der Waals surface area (Å²) in [4.78, 5) is 4.77. The second-order valence-corrected chi connectivity index (χ2v) is 6.72. The van der Waals surface area contributed by atoms with Gasteiger partial charge in [0.2, 0.25) is 0 Å². The number of hydrogen-bond donors (Lipinski definition) is 1. The predicted molar refractivity (Wildman–Crippen MR) is 83.7 cm³/mol. The molecule has 2 fully saturated rings. The van der Waals surface area contributed by atoms with Crippen molar-refractivity contribution in [3.8, 4) is 0 Å². The molecule has 2 saturated heterocycles. The molecule has 0 bridgehead atoms. The van der Waals surface area contributed by atoms with Crippen molar-refractivity contribution in [2.24, 2.45) is 0 Å². The van der Waals surface area contributed by atoms with Crippen molar-refractivity contribution in [3.63, 3.8) is 0 Å². The molecule has 1 aromatic rings. The second-order valence-electron chi connectivity index (χ2n) is 4.92. The summed E-state index contributed by atoms with van der Waals surface area (Å²) in [5.41, 5.74) is 2.58. The minimum absolute atomic E-state index is 0.00526. The highest BCUT2D eigenvalue weighted by molar-refractivity contribution is 9.10. The molecule has 0 radical (unpaired) electrons. The summed E-state index contributed by atoms with van der Waals surface area (Å²) in [6.07, 6.45) is 6.58. The number of halogens is 1. The van der Waals surface area contributed by atoms with E-state index in [2.05, 4.69) is 73.7 Å². The zero-order valence-corrected chi connectivity index (χ0v) is 12.7. The van der Waals surface area contributed by atoms with Gasteiger partial charge in [0.1, 0.15) is 5.66 Å². The molecule has 3 nitrogen and oxygen atoms in total. The van der Waals surface area contributed by atoms with Gasteiger partial charge in [-0.3, -0.25) is 5.32 Å². The van der Waals surface area contributed by atoms with Gasteiger partial charge >= 0.3 is 0 Å². The Morgan fingerprint density at radius 2 is 2.21 bits per heavy atom. The molecule has 3 heterocycles. The molecule has 1 atom stereocenters. The Balaban J connectivity index is 1.79. The SMILES string of the molecule is Brc1ccccc1N1CNC23CSCN2C=CC=C13. The van der Waals surface area contributed by atoms with Gasteiger partial charge < -0.3 is 9.80 Å². The molecule has 0 saturated carbocycles. The lowest BCUT2D eigenvalue weighted by Gasteiger charge is -2.37. The van der Waals surface area contributed by atoms with Gasteiger partial charge in [0.05, 0.1) is 23.9 Å². The topological polar surface area (TPSA) is 18.5 Å². The first-order valence-corrected chi connectivity index (χ1v) is 8.27. The number of hydrogen-bond acceptors (Lipinski definition) is 4. The van der Waals surface area contributed by atoms with Gasteiger partial charge in [0.25, 0.3) is 0 Å². The van der Waals surface area contributed by atoms with E-state index in [4.69, 9.17) is 0 Å². The molecule has 1 N–H and O–H groups in total. The molecule has 19 heavy (non-hydrogen) atoms. The summed E-state index contributed by atoms with van der Waals surface area (Å²) in [5, 5.41) is 3.70. The van der Waals surface area contributed by atoms with Gasteiger partial charge in [-0.15, -0.1) is 11.8 Å². The van der Waals surface area contributed by atoms with Crippen molar-refractivity contribution < 1.29 is 0 Å². The van der Waals surface area contributed by atoms with Crippen LogP contribution in [-0.4, -0.2) is 28.9 Å². The Morgan fingerprint density at radius 1 is 1.32 bits per heavy atom. The van der Waals surface area contributed by atoms with Crippen LogP contribution in [0.25, 0.3) is 0 Å². The Labute approximate surface area is 125 Å². The van der Waals surface area contributed by atoms with Crippen LogP contribution < -0.4 is 10.2 Å². The summed E-state index contributed by atoms with van der Waals surface area (Å²) < 4.78 is 1.14. The third-order valence-electron chi connectivity index (χ3n) is 3.94. The van der Waals surface area contributed by atoms with E-state index < -0.39 is 0 Å². The zero-order valence-electron chi connectivity index (χ0n) is 10.3. The third-order valence-corrected chi connectivity index (χ3v) is 5.69. The molecular formula is C14H14BrN3S. The quantitative estimate of drug-likeness (QED) is 0.850. The third kappa shape index (κ3) is 1.61. The summed E-state index contributed by atoms with van der Waals surface area (Å²) in [5.74, 6) is 2.16. The van der Waals surface area contributed by atoms with Crippen LogP contribution in [0.15, 0.2) is 52.8 Å². The van der Waals surface area contributed by atoms with Gasteiger partial charge in [0, 0.05) is 16.4 Å². The number of thioether (sulfide) groups is 1. The molecule has 4 rings (SSSR count). The standard InChI is InChI=1S/C14H14BrN3S/c15-11-4-1-2-5-12(11)18-9-16-14-8-19-10-17(14)7-3-6-13(14)18/h1-7,16H,8-10H2. The highest BCUT2D eigenvalue weighted by Crippen LogP contribution is 2.44. The highest BCUT2D eigenvalue weighted by Gasteiger charge is 2.50. The number of para-hydroxylation sites is 1. The number of nitrogens with zero attached hydrogens (tertiary/aromatic N) is 2. The summed E-state index contributed by atoms with van der Waals surface area (Å²) in [6, 6.07) is 8.41. The molecule has 1 aromatic carbocycles. The molecule has 3 aliphatic rings. The maximum absolute atomic E-state index is 3.70. The van der Waals surface area contributed by atoms with E-state index in [1.54, 1.807) is 0 Å². The van der Waals surface area contributed by atoms with Gasteiger partial charge in [-0.25, -0.2) is 0 Å². The van der Waals surface area contributed by atoms with Crippen molar-refractivity contribution in [2.75, 3.05) is 23.2 Å². The fraction of sp³-hybridized carbons (Fsp3) is 0.286. The first kappa shape index (κ1) is 11.9. The predicted octanol–water partition coefficient (Wildman–Crippen LogP) is 2.93. The maximum atomic E-state index is 3.70. The van der Waals surface area contributed by atoms with Crippen LogP contribution in [0, 0.1) is 0 Å². The Bertz CT molecular complexity index is 586. The lowest BCUT2D eigenvalue weighted by atomic mass is 10.0.